The Hall–Kier alpha value is -0.910. The molecule has 2 aromatic rings. The van der Waals surface area contributed by atoms with Crippen LogP contribution in [0.2, 0.25) is 0 Å². The number of H-pyrrole nitrogens is 1. The Bertz CT molecular complexity index is 478. The van der Waals surface area contributed by atoms with Crippen LogP contribution in [0, 0.1) is 9.39 Å². The Morgan fingerprint density at radius 3 is 2.92 bits per heavy atom. The predicted octanol–water partition coefficient (Wildman–Crippen LogP) is 2.72. The molecule has 0 bridgehead atoms. The zero-order valence-electron chi connectivity index (χ0n) is 6.47. The first-order valence-electron chi connectivity index (χ1n) is 3.63. The van der Waals surface area contributed by atoms with Crippen molar-refractivity contribution < 1.29 is 9.18 Å². The summed E-state index contributed by atoms with van der Waals surface area (Å²) in [4.78, 5) is 13.4. The number of rotatable bonds is 1. The number of carbonyl (C=O) groups is 1. The minimum Gasteiger partial charge on any atom is -0.360 e. The highest BCUT2D eigenvalue weighted by atomic mass is 127. The van der Waals surface area contributed by atoms with E-state index in [1.54, 1.807) is 12.3 Å². The maximum Gasteiger partial charge on any atom is 0.152 e. The number of halogens is 2. The van der Waals surface area contributed by atoms with E-state index in [0.29, 0.717) is 14.7 Å². The average Bonchev–Trinajstić information content (AvgIpc) is 2.48. The second-order valence-corrected chi connectivity index (χ2v) is 3.84. The van der Waals surface area contributed by atoms with E-state index in [-0.39, 0.29) is 5.82 Å². The molecule has 0 amide bonds. The molecular formula is C9H5FINO. The normalized spacial score (nSPS) is 10.6. The second-order valence-electron chi connectivity index (χ2n) is 2.67. The van der Waals surface area contributed by atoms with E-state index in [0.717, 1.165) is 11.7 Å². The summed E-state index contributed by atoms with van der Waals surface area (Å²) in [7, 11) is 0. The van der Waals surface area contributed by atoms with Gasteiger partial charge < -0.3 is 4.98 Å². The van der Waals surface area contributed by atoms with Crippen molar-refractivity contribution >= 4 is 39.8 Å². The van der Waals surface area contributed by atoms with Crippen molar-refractivity contribution in [2.75, 3.05) is 0 Å². The fourth-order valence-corrected chi connectivity index (χ4v) is 1.70. The average molecular weight is 289 g/mol. The van der Waals surface area contributed by atoms with Gasteiger partial charge >= 0.3 is 0 Å². The number of nitrogens with one attached hydrogen (secondary N) is 1. The van der Waals surface area contributed by atoms with E-state index in [1.807, 2.05) is 22.6 Å². The second kappa shape index (κ2) is 3.10. The molecule has 13 heavy (non-hydrogen) atoms. The number of hydrogen-bond donors (Lipinski definition) is 1. The molecule has 4 heteroatoms. The van der Waals surface area contributed by atoms with Crippen LogP contribution in [-0.4, -0.2) is 11.3 Å². The molecule has 1 heterocycles. The zero-order chi connectivity index (χ0) is 9.42. The molecule has 0 aliphatic carbocycles. The summed E-state index contributed by atoms with van der Waals surface area (Å²) in [6.07, 6.45) is 2.33. The van der Waals surface area contributed by atoms with Crippen molar-refractivity contribution in [3.05, 3.63) is 33.3 Å². The smallest absolute Gasteiger partial charge is 0.152 e. The number of fused-ring (bicyclic) bond motifs is 1. The highest BCUT2D eigenvalue weighted by Gasteiger charge is 2.06. The number of aromatic amines is 1. The van der Waals surface area contributed by atoms with Gasteiger partial charge in [-0.3, -0.25) is 4.79 Å². The van der Waals surface area contributed by atoms with Gasteiger partial charge in [0, 0.05) is 26.2 Å². The lowest BCUT2D eigenvalue weighted by Crippen LogP contribution is -1.82. The molecule has 0 unspecified atom stereocenters. The number of benzene rings is 1. The molecular weight excluding hydrogens is 284 g/mol. The molecule has 0 saturated carbocycles. The highest BCUT2D eigenvalue weighted by Crippen LogP contribution is 2.22. The maximum atomic E-state index is 13.0. The molecule has 1 aromatic carbocycles. The van der Waals surface area contributed by atoms with E-state index in [1.165, 1.54) is 6.07 Å². The lowest BCUT2D eigenvalue weighted by molar-refractivity contribution is 0.112. The number of aromatic nitrogens is 1. The standard InChI is InChI=1S/C9H5FINO/c10-7-2-9-6(1-8(7)11)5(4-13)3-12-9/h1-4,12H. The molecule has 0 radical (unpaired) electrons. The van der Waals surface area contributed by atoms with Crippen molar-refractivity contribution in [1.29, 1.82) is 0 Å². The lowest BCUT2D eigenvalue weighted by Gasteiger charge is -1.94. The van der Waals surface area contributed by atoms with Gasteiger partial charge in [-0.2, -0.15) is 0 Å². The van der Waals surface area contributed by atoms with Gasteiger partial charge in [0.05, 0.1) is 0 Å². The SMILES string of the molecule is O=Cc1c[nH]c2cc(F)c(I)cc12. The third kappa shape index (κ3) is 1.35. The van der Waals surface area contributed by atoms with Gasteiger partial charge in [-0.15, -0.1) is 0 Å². The molecule has 2 nitrogen and oxygen atoms in total. The van der Waals surface area contributed by atoms with Crippen LogP contribution in [-0.2, 0) is 0 Å². The van der Waals surface area contributed by atoms with Crippen LogP contribution in [0.1, 0.15) is 10.4 Å². The quantitative estimate of drug-likeness (QED) is 0.635. The Morgan fingerprint density at radius 2 is 2.23 bits per heavy atom. The lowest BCUT2D eigenvalue weighted by atomic mass is 10.2. The molecule has 1 N–H and O–H groups in total. The largest absolute Gasteiger partial charge is 0.360 e. The van der Waals surface area contributed by atoms with E-state index in [2.05, 4.69) is 4.98 Å². The van der Waals surface area contributed by atoms with Gasteiger partial charge in [0.2, 0.25) is 0 Å². The molecule has 0 fully saturated rings. The summed E-state index contributed by atoms with van der Waals surface area (Å²) >= 11 is 1.90. The van der Waals surface area contributed by atoms with Crippen molar-refractivity contribution in [2.45, 2.75) is 0 Å². The topological polar surface area (TPSA) is 32.9 Å². The Labute approximate surface area is 87.3 Å². The van der Waals surface area contributed by atoms with Gasteiger partial charge in [-0.1, -0.05) is 0 Å². The van der Waals surface area contributed by atoms with Crippen LogP contribution in [0.15, 0.2) is 18.3 Å². The third-order valence-corrected chi connectivity index (χ3v) is 2.71. The highest BCUT2D eigenvalue weighted by molar-refractivity contribution is 14.1. The Kier molecular flexibility index (Phi) is 2.07. The summed E-state index contributed by atoms with van der Waals surface area (Å²) in [5.41, 5.74) is 1.22. The van der Waals surface area contributed by atoms with Crippen molar-refractivity contribution in [3.63, 3.8) is 0 Å². The van der Waals surface area contributed by atoms with Gasteiger partial charge in [0.1, 0.15) is 5.82 Å². The van der Waals surface area contributed by atoms with Crippen molar-refractivity contribution in [2.24, 2.45) is 0 Å². The minimum atomic E-state index is -0.271. The summed E-state index contributed by atoms with van der Waals surface area (Å²) in [6, 6.07) is 3.05. The predicted molar refractivity (Wildman–Crippen MR) is 56.4 cm³/mol. The molecule has 2 rings (SSSR count). The number of hydrogen-bond acceptors (Lipinski definition) is 1. The van der Waals surface area contributed by atoms with Crippen molar-refractivity contribution in [3.8, 4) is 0 Å². The number of carbonyl (C=O) groups excluding carboxylic acids is 1. The Morgan fingerprint density at radius 1 is 1.46 bits per heavy atom. The van der Waals surface area contributed by atoms with E-state index in [9.17, 15) is 9.18 Å². The van der Waals surface area contributed by atoms with Crippen LogP contribution < -0.4 is 0 Å². The maximum absolute atomic E-state index is 13.0. The molecule has 0 spiro atoms. The van der Waals surface area contributed by atoms with Crippen LogP contribution >= 0.6 is 22.6 Å². The first-order valence-corrected chi connectivity index (χ1v) is 4.71. The summed E-state index contributed by atoms with van der Waals surface area (Å²) in [5, 5.41) is 0.765. The molecule has 0 atom stereocenters. The van der Waals surface area contributed by atoms with Crippen LogP contribution in [0.3, 0.4) is 0 Å². The molecule has 0 aliphatic heterocycles. The zero-order valence-corrected chi connectivity index (χ0v) is 8.63. The molecule has 66 valence electrons. The number of aldehydes is 1. The minimum absolute atomic E-state index is 0.271. The summed E-state index contributed by atoms with van der Waals surface area (Å²) in [5.74, 6) is -0.271. The van der Waals surface area contributed by atoms with Gasteiger partial charge in [-0.25, -0.2) is 4.39 Å². The van der Waals surface area contributed by atoms with Gasteiger partial charge in [0.25, 0.3) is 0 Å². The summed E-state index contributed by atoms with van der Waals surface area (Å²) < 4.78 is 13.6. The molecule has 0 saturated heterocycles. The monoisotopic (exact) mass is 289 g/mol. The van der Waals surface area contributed by atoms with Crippen LogP contribution in [0.5, 0.6) is 0 Å². The van der Waals surface area contributed by atoms with E-state index < -0.39 is 0 Å². The molecule has 0 aliphatic rings. The fraction of sp³-hybridized carbons (Fsp3) is 0. The van der Waals surface area contributed by atoms with Crippen LogP contribution in [0.25, 0.3) is 10.9 Å². The Balaban J connectivity index is 2.84. The van der Waals surface area contributed by atoms with Gasteiger partial charge in [-0.05, 0) is 34.7 Å². The third-order valence-electron chi connectivity index (χ3n) is 1.88. The van der Waals surface area contributed by atoms with E-state index in [4.69, 9.17) is 0 Å². The van der Waals surface area contributed by atoms with Crippen molar-refractivity contribution in [1.82, 2.24) is 4.98 Å². The first-order chi connectivity index (χ1) is 6.22. The molecule has 1 aromatic heterocycles. The summed E-state index contributed by atoms with van der Waals surface area (Å²) in [6.45, 7) is 0. The fourth-order valence-electron chi connectivity index (χ4n) is 1.24. The van der Waals surface area contributed by atoms with E-state index >= 15 is 0 Å². The van der Waals surface area contributed by atoms with Gasteiger partial charge in [0.15, 0.2) is 6.29 Å². The first kappa shape index (κ1) is 8.68. The van der Waals surface area contributed by atoms with Crippen LogP contribution in [0.4, 0.5) is 4.39 Å².